The summed E-state index contributed by atoms with van der Waals surface area (Å²) >= 11 is 5.89. The van der Waals surface area contributed by atoms with Crippen molar-refractivity contribution in [2.24, 2.45) is 5.92 Å². The Hall–Kier alpha value is 0.160. The van der Waals surface area contributed by atoms with Crippen LogP contribution in [0, 0.1) is 5.92 Å². The molecule has 2 rings (SSSR count). The lowest BCUT2D eigenvalue weighted by Gasteiger charge is -2.28. The van der Waals surface area contributed by atoms with Crippen LogP contribution in [0.2, 0.25) is 0 Å². The third kappa shape index (κ3) is 2.10. The van der Waals surface area contributed by atoms with Crippen molar-refractivity contribution in [1.82, 2.24) is 8.61 Å². The fourth-order valence-electron chi connectivity index (χ4n) is 2.56. The zero-order valence-corrected chi connectivity index (χ0v) is 11.2. The Balaban J connectivity index is 2.16. The first-order valence-electron chi connectivity index (χ1n) is 5.90. The quantitative estimate of drug-likeness (QED) is 0.722. The van der Waals surface area contributed by atoms with E-state index in [2.05, 4.69) is 6.92 Å². The van der Waals surface area contributed by atoms with Crippen molar-refractivity contribution in [2.45, 2.75) is 32.2 Å². The summed E-state index contributed by atoms with van der Waals surface area (Å²) in [5, 5.41) is 0. The summed E-state index contributed by atoms with van der Waals surface area (Å²) in [6, 6.07) is -0.0210. The normalized spacial score (nSPS) is 33.6. The fourth-order valence-corrected chi connectivity index (χ4v) is 5.09. The van der Waals surface area contributed by atoms with E-state index in [4.69, 9.17) is 11.6 Å². The van der Waals surface area contributed by atoms with E-state index in [1.165, 1.54) is 0 Å². The summed E-state index contributed by atoms with van der Waals surface area (Å²) in [6.45, 7) is 4.04. The fraction of sp³-hybridized carbons (Fsp3) is 1.00. The predicted octanol–water partition coefficient (Wildman–Crippen LogP) is 1.28. The van der Waals surface area contributed by atoms with Gasteiger partial charge in [-0.15, -0.1) is 11.6 Å². The summed E-state index contributed by atoms with van der Waals surface area (Å²) in [5.41, 5.74) is 0. The van der Waals surface area contributed by atoms with Gasteiger partial charge >= 0.3 is 0 Å². The monoisotopic (exact) mass is 266 g/mol. The number of alkyl halides is 1. The molecule has 0 aromatic heterocycles. The van der Waals surface area contributed by atoms with Crippen molar-refractivity contribution < 1.29 is 8.42 Å². The molecule has 0 aromatic rings. The van der Waals surface area contributed by atoms with Gasteiger partial charge < -0.3 is 0 Å². The maximum absolute atomic E-state index is 12.3. The highest BCUT2D eigenvalue weighted by Crippen LogP contribution is 2.30. The standard InChI is InChI=1S/C10H19ClN2O2S/c1-9-4-7-13(10(9)8-11)16(14,15)12-5-2-3-6-12/h9-10H,2-8H2,1H3. The lowest BCUT2D eigenvalue weighted by Crippen LogP contribution is -2.46. The van der Waals surface area contributed by atoms with Gasteiger partial charge in [-0.25, -0.2) is 0 Å². The second-order valence-corrected chi connectivity index (χ2v) is 6.90. The maximum Gasteiger partial charge on any atom is 0.282 e. The van der Waals surface area contributed by atoms with Crippen molar-refractivity contribution in [3.8, 4) is 0 Å². The minimum absolute atomic E-state index is 0.0210. The van der Waals surface area contributed by atoms with Gasteiger partial charge in [0.1, 0.15) is 0 Å². The van der Waals surface area contributed by atoms with Crippen LogP contribution in [0.15, 0.2) is 0 Å². The van der Waals surface area contributed by atoms with Crippen molar-refractivity contribution in [3.63, 3.8) is 0 Å². The van der Waals surface area contributed by atoms with Crippen LogP contribution in [0.3, 0.4) is 0 Å². The Labute approximate surface area is 103 Å². The molecule has 2 fully saturated rings. The third-order valence-electron chi connectivity index (χ3n) is 3.68. The lowest BCUT2D eigenvalue weighted by molar-refractivity contribution is 0.337. The molecule has 0 aliphatic carbocycles. The molecule has 0 aromatic carbocycles. The van der Waals surface area contributed by atoms with Gasteiger partial charge in [0.25, 0.3) is 10.2 Å². The van der Waals surface area contributed by atoms with E-state index >= 15 is 0 Å². The van der Waals surface area contributed by atoms with E-state index in [1.807, 2.05) is 0 Å². The molecule has 0 N–H and O–H groups in total. The molecule has 2 heterocycles. The van der Waals surface area contributed by atoms with E-state index in [0.29, 0.717) is 31.4 Å². The van der Waals surface area contributed by atoms with Gasteiger partial charge in [-0.05, 0) is 25.2 Å². The number of hydrogen-bond acceptors (Lipinski definition) is 2. The zero-order valence-electron chi connectivity index (χ0n) is 9.60. The van der Waals surface area contributed by atoms with Gasteiger partial charge in [-0.3, -0.25) is 0 Å². The van der Waals surface area contributed by atoms with Crippen molar-refractivity contribution in [1.29, 1.82) is 0 Å². The van der Waals surface area contributed by atoms with E-state index < -0.39 is 10.2 Å². The number of hydrogen-bond donors (Lipinski definition) is 0. The molecule has 0 saturated carbocycles. The zero-order chi connectivity index (χ0) is 11.8. The van der Waals surface area contributed by atoms with Gasteiger partial charge in [0.05, 0.1) is 0 Å². The van der Waals surface area contributed by atoms with Gasteiger partial charge in [0.2, 0.25) is 0 Å². The smallest absolute Gasteiger partial charge is 0.195 e. The minimum atomic E-state index is -3.25. The van der Waals surface area contributed by atoms with Crippen LogP contribution in [0.25, 0.3) is 0 Å². The van der Waals surface area contributed by atoms with E-state index in [-0.39, 0.29) is 6.04 Å². The molecule has 0 spiro atoms. The lowest BCUT2D eigenvalue weighted by atomic mass is 10.1. The van der Waals surface area contributed by atoms with Crippen LogP contribution in [0.5, 0.6) is 0 Å². The SMILES string of the molecule is CC1CCN(S(=O)(=O)N2CCCC2)C1CCl. The molecule has 2 atom stereocenters. The average Bonchev–Trinajstić information content (AvgIpc) is 2.85. The summed E-state index contributed by atoms with van der Waals surface area (Å²) < 4.78 is 27.9. The maximum atomic E-state index is 12.3. The van der Waals surface area contributed by atoms with E-state index in [1.54, 1.807) is 8.61 Å². The highest BCUT2D eigenvalue weighted by Gasteiger charge is 2.41. The molecule has 4 nitrogen and oxygen atoms in total. The van der Waals surface area contributed by atoms with Crippen molar-refractivity contribution in [2.75, 3.05) is 25.5 Å². The Morgan fingerprint density at radius 3 is 2.44 bits per heavy atom. The molecule has 2 aliphatic rings. The largest absolute Gasteiger partial charge is 0.282 e. The molecular formula is C10H19ClN2O2S. The molecule has 2 unspecified atom stereocenters. The molecule has 94 valence electrons. The first-order valence-corrected chi connectivity index (χ1v) is 7.83. The summed E-state index contributed by atoms with van der Waals surface area (Å²) in [5.74, 6) is 0.767. The Kier molecular flexibility index (Phi) is 3.79. The molecule has 6 heteroatoms. The number of halogens is 1. The highest BCUT2D eigenvalue weighted by atomic mass is 35.5. The van der Waals surface area contributed by atoms with Crippen LogP contribution in [0.1, 0.15) is 26.2 Å². The molecule has 0 amide bonds. The van der Waals surface area contributed by atoms with Crippen LogP contribution in [-0.4, -0.2) is 48.6 Å². The highest BCUT2D eigenvalue weighted by molar-refractivity contribution is 7.86. The van der Waals surface area contributed by atoms with Crippen LogP contribution >= 0.6 is 11.6 Å². The minimum Gasteiger partial charge on any atom is -0.195 e. The molecular weight excluding hydrogens is 248 g/mol. The molecule has 2 saturated heterocycles. The van der Waals surface area contributed by atoms with E-state index in [9.17, 15) is 8.42 Å². The summed E-state index contributed by atoms with van der Waals surface area (Å²) in [4.78, 5) is 0. The van der Waals surface area contributed by atoms with Gasteiger partial charge in [0, 0.05) is 31.6 Å². The van der Waals surface area contributed by atoms with Gasteiger partial charge in [0.15, 0.2) is 0 Å². The van der Waals surface area contributed by atoms with Crippen molar-refractivity contribution in [3.05, 3.63) is 0 Å². The molecule has 2 aliphatic heterocycles. The van der Waals surface area contributed by atoms with Gasteiger partial charge in [-0.1, -0.05) is 6.92 Å². The Morgan fingerprint density at radius 1 is 1.25 bits per heavy atom. The molecule has 0 bridgehead atoms. The van der Waals surface area contributed by atoms with Gasteiger partial charge in [-0.2, -0.15) is 17.0 Å². The second kappa shape index (κ2) is 4.80. The Bertz CT molecular complexity index is 341. The molecule has 16 heavy (non-hydrogen) atoms. The van der Waals surface area contributed by atoms with Crippen LogP contribution < -0.4 is 0 Å². The number of nitrogens with zero attached hydrogens (tertiary/aromatic N) is 2. The first-order chi connectivity index (χ1) is 7.57. The first kappa shape index (κ1) is 12.6. The van der Waals surface area contributed by atoms with Crippen LogP contribution in [0.4, 0.5) is 0 Å². The number of rotatable bonds is 3. The van der Waals surface area contributed by atoms with Crippen molar-refractivity contribution >= 4 is 21.8 Å². The predicted molar refractivity (Wildman–Crippen MR) is 64.7 cm³/mol. The average molecular weight is 267 g/mol. The second-order valence-electron chi connectivity index (χ2n) is 4.71. The third-order valence-corrected chi connectivity index (χ3v) is 6.06. The summed E-state index contributed by atoms with van der Waals surface area (Å²) in [6.07, 6.45) is 2.88. The van der Waals surface area contributed by atoms with Crippen LogP contribution in [-0.2, 0) is 10.2 Å². The Morgan fingerprint density at radius 2 is 1.88 bits per heavy atom. The molecule has 0 radical (unpaired) electrons. The van der Waals surface area contributed by atoms with E-state index in [0.717, 1.165) is 19.3 Å². The summed E-state index contributed by atoms with van der Waals surface area (Å²) in [7, 11) is -3.25. The topological polar surface area (TPSA) is 40.6 Å².